The topological polar surface area (TPSA) is 50.4 Å². The van der Waals surface area contributed by atoms with Gasteiger partial charge in [0.25, 0.3) is 0 Å². The van der Waals surface area contributed by atoms with E-state index in [0.717, 1.165) is 33.4 Å². The molecule has 3 heteroatoms. The van der Waals surface area contributed by atoms with Crippen molar-refractivity contribution in [3.63, 3.8) is 0 Å². The first-order valence-corrected chi connectivity index (χ1v) is 10.1. The molecule has 0 spiro atoms. The van der Waals surface area contributed by atoms with Crippen molar-refractivity contribution >= 4 is 16.9 Å². The number of carboxylic acid groups (broad SMARTS) is 1. The van der Waals surface area contributed by atoms with Crippen LogP contribution in [0.5, 0.6) is 0 Å². The summed E-state index contributed by atoms with van der Waals surface area (Å²) in [5.74, 6) is -0.156. The quantitative estimate of drug-likeness (QED) is 0.339. The van der Waals surface area contributed by atoms with Crippen molar-refractivity contribution in [2.75, 3.05) is 0 Å². The molecular weight excluding hydrogens is 384 g/mol. The summed E-state index contributed by atoms with van der Waals surface area (Å²) in [4.78, 5) is 11.6. The van der Waals surface area contributed by atoms with Crippen LogP contribution in [0.1, 0.15) is 15.9 Å². The third-order valence-corrected chi connectivity index (χ3v) is 5.49. The number of benzene rings is 4. The summed E-state index contributed by atoms with van der Waals surface area (Å²) in [6, 6.07) is 31.6. The smallest absolute Gasteiger partial charge is 0.336 e. The normalized spacial score (nSPS) is 11.0. The van der Waals surface area contributed by atoms with E-state index in [2.05, 4.69) is 43.3 Å². The van der Waals surface area contributed by atoms with Crippen LogP contribution in [0.4, 0.5) is 0 Å². The molecule has 5 aromatic rings. The Bertz CT molecular complexity index is 1430. The molecule has 0 saturated heterocycles. The van der Waals surface area contributed by atoms with Gasteiger partial charge in [-0.2, -0.15) is 0 Å². The van der Waals surface area contributed by atoms with Crippen molar-refractivity contribution < 1.29 is 14.3 Å². The molecule has 0 aliphatic carbocycles. The van der Waals surface area contributed by atoms with Crippen molar-refractivity contribution in [3.05, 3.63) is 108 Å². The van der Waals surface area contributed by atoms with Gasteiger partial charge in [0.05, 0.1) is 5.56 Å². The molecule has 5 rings (SSSR count). The number of rotatable bonds is 4. The number of fused-ring (bicyclic) bond motifs is 1. The molecule has 3 nitrogen and oxygen atoms in total. The van der Waals surface area contributed by atoms with E-state index in [1.165, 1.54) is 11.1 Å². The number of hydrogen-bond acceptors (Lipinski definition) is 2. The minimum atomic E-state index is -0.941. The average molecular weight is 404 g/mol. The molecule has 0 saturated carbocycles. The molecule has 0 aliphatic heterocycles. The van der Waals surface area contributed by atoms with Crippen LogP contribution < -0.4 is 0 Å². The highest BCUT2D eigenvalue weighted by molar-refractivity contribution is 5.97. The molecule has 150 valence electrons. The van der Waals surface area contributed by atoms with E-state index < -0.39 is 5.97 Å². The van der Waals surface area contributed by atoms with Crippen molar-refractivity contribution in [3.8, 4) is 33.6 Å². The summed E-state index contributed by atoms with van der Waals surface area (Å²) in [5.41, 5.74) is 7.04. The van der Waals surface area contributed by atoms with Gasteiger partial charge in [-0.1, -0.05) is 78.4 Å². The molecule has 1 N–H and O–H groups in total. The first kappa shape index (κ1) is 18.9. The van der Waals surface area contributed by atoms with E-state index in [4.69, 9.17) is 4.42 Å². The van der Waals surface area contributed by atoms with Gasteiger partial charge in [-0.3, -0.25) is 0 Å². The molecule has 0 amide bonds. The van der Waals surface area contributed by atoms with Crippen LogP contribution in [0, 0.1) is 6.92 Å². The Labute approximate surface area is 180 Å². The Kier molecular flexibility index (Phi) is 4.64. The zero-order chi connectivity index (χ0) is 21.4. The molecule has 31 heavy (non-hydrogen) atoms. The number of carbonyl (C=O) groups is 1. The molecule has 4 aromatic carbocycles. The number of carboxylic acids is 1. The van der Waals surface area contributed by atoms with Gasteiger partial charge in [-0.25, -0.2) is 4.79 Å². The highest BCUT2D eigenvalue weighted by Gasteiger charge is 2.13. The monoisotopic (exact) mass is 404 g/mol. The van der Waals surface area contributed by atoms with Crippen molar-refractivity contribution in [1.29, 1.82) is 0 Å². The van der Waals surface area contributed by atoms with Gasteiger partial charge in [0.15, 0.2) is 0 Å². The van der Waals surface area contributed by atoms with Crippen LogP contribution in [-0.4, -0.2) is 11.1 Å². The van der Waals surface area contributed by atoms with Crippen LogP contribution >= 0.6 is 0 Å². The lowest BCUT2D eigenvalue weighted by molar-refractivity contribution is 0.0697. The van der Waals surface area contributed by atoms with E-state index >= 15 is 0 Å². The van der Waals surface area contributed by atoms with Crippen LogP contribution in [-0.2, 0) is 0 Å². The fraction of sp³-hybridized carbons (Fsp3) is 0.0357. The number of aryl methyl sites for hydroxylation is 1. The van der Waals surface area contributed by atoms with Gasteiger partial charge < -0.3 is 9.52 Å². The minimum Gasteiger partial charge on any atom is -0.478 e. The van der Waals surface area contributed by atoms with E-state index in [9.17, 15) is 9.90 Å². The molecule has 1 heterocycles. The second-order valence-corrected chi connectivity index (χ2v) is 7.66. The largest absolute Gasteiger partial charge is 0.478 e. The van der Waals surface area contributed by atoms with Gasteiger partial charge in [0, 0.05) is 10.9 Å². The predicted molar refractivity (Wildman–Crippen MR) is 124 cm³/mol. The fourth-order valence-corrected chi connectivity index (χ4v) is 3.94. The minimum absolute atomic E-state index is 0.277. The number of aromatic carboxylic acids is 1. The van der Waals surface area contributed by atoms with Crippen molar-refractivity contribution in [2.45, 2.75) is 6.92 Å². The van der Waals surface area contributed by atoms with Crippen LogP contribution in [0.25, 0.3) is 44.5 Å². The number of hydrogen-bond donors (Lipinski definition) is 1. The maximum absolute atomic E-state index is 11.6. The lowest BCUT2D eigenvalue weighted by Gasteiger charge is -2.06. The molecule has 0 bridgehead atoms. The molecule has 0 atom stereocenters. The maximum Gasteiger partial charge on any atom is 0.336 e. The number of furan rings is 1. The lowest BCUT2D eigenvalue weighted by atomic mass is 9.99. The molecule has 0 unspecified atom stereocenters. The fourth-order valence-electron chi connectivity index (χ4n) is 3.94. The van der Waals surface area contributed by atoms with Crippen LogP contribution in [0.2, 0.25) is 0 Å². The standard InChI is InChI=1S/C28H20O3/c1-18-6-4-7-19(14-18)20-8-5-9-22(15-20)27-17-23-13-12-21(16-26(23)31-27)24-10-2-3-11-25(24)28(29)30/h2-17H,1H3,(H,29,30). The molecule has 0 radical (unpaired) electrons. The Balaban J connectivity index is 1.56. The Morgan fingerprint density at radius 2 is 1.45 bits per heavy atom. The lowest BCUT2D eigenvalue weighted by Crippen LogP contribution is -1.98. The van der Waals surface area contributed by atoms with E-state index in [-0.39, 0.29) is 5.56 Å². The second-order valence-electron chi connectivity index (χ2n) is 7.66. The Hall–Kier alpha value is -4.11. The highest BCUT2D eigenvalue weighted by Crippen LogP contribution is 2.34. The summed E-state index contributed by atoms with van der Waals surface area (Å²) in [6.45, 7) is 2.09. The first-order chi connectivity index (χ1) is 15.1. The van der Waals surface area contributed by atoms with Crippen molar-refractivity contribution in [1.82, 2.24) is 0 Å². The molecule has 1 aromatic heterocycles. The average Bonchev–Trinajstić information content (AvgIpc) is 3.23. The van der Waals surface area contributed by atoms with Gasteiger partial charge in [0.2, 0.25) is 0 Å². The van der Waals surface area contributed by atoms with Crippen LogP contribution in [0.3, 0.4) is 0 Å². The zero-order valence-corrected chi connectivity index (χ0v) is 17.0. The Morgan fingerprint density at radius 3 is 2.26 bits per heavy atom. The molecule has 0 aliphatic rings. The predicted octanol–water partition coefficient (Wildman–Crippen LogP) is 7.44. The first-order valence-electron chi connectivity index (χ1n) is 10.1. The second kappa shape index (κ2) is 7.62. The summed E-state index contributed by atoms with van der Waals surface area (Å²) in [7, 11) is 0. The van der Waals surface area contributed by atoms with E-state index in [0.29, 0.717) is 5.56 Å². The third kappa shape index (κ3) is 3.62. The summed E-state index contributed by atoms with van der Waals surface area (Å²) >= 11 is 0. The summed E-state index contributed by atoms with van der Waals surface area (Å²) < 4.78 is 6.18. The molecular formula is C28H20O3. The molecule has 0 fully saturated rings. The van der Waals surface area contributed by atoms with Crippen molar-refractivity contribution in [2.24, 2.45) is 0 Å². The Morgan fingerprint density at radius 1 is 0.710 bits per heavy atom. The third-order valence-electron chi connectivity index (χ3n) is 5.49. The maximum atomic E-state index is 11.6. The van der Waals surface area contributed by atoms with Gasteiger partial charge >= 0.3 is 5.97 Å². The van der Waals surface area contributed by atoms with Gasteiger partial charge in [-0.15, -0.1) is 0 Å². The van der Waals surface area contributed by atoms with Crippen LogP contribution in [0.15, 0.2) is 101 Å². The van der Waals surface area contributed by atoms with Gasteiger partial charge in [-0.05, 0) is 53.4 Å². The highest BCUT2D eigenvalue weighted by atomic mass is 16.4. The van der Waals surface area contributed by atoms with Gasteiger partial charge in [0.1, 0.15) is 11.3 Å². The summed E-state index contributed by atoms with van der Waals surface area (Å²) in [6.07, 6.45) is 0. The van der Waals surface area contributed by atoms with E-state index in [1.54, 1.807) is 12.1 Å². The SMILES string of the molecule is Cc1cccc(-c2cccc(-c3cc4ccc(-c5ccccc5C(=O)O)cc4o3)c2)c1. The van der Waals surface area contributed by atoms with E-state index in [1.807, 2.05) is 48.5 Å². The summed E-state index contributed by atoms with van der Waals surface area (Å²) in [5, 5.41) is 10.5. The zero-order valence-electron chi connectivity index (χ0n) is 17.0.